The standard InChI is InChI=1S/C17H23N3O2S/c1-12(2)17-18-16(19-22-17)13-5-3-9-20(11-13)15(21)8-7-14-6-4-10-23-14/h4,6,10,12-13H,3,5,7-9,11H2,1-2H3. The van der Waals surface area contributed by atoms with E-state index in [0.717, 1.165) is 31.6 Å². The fourth-order valence-corrected chi connectivity index (χ4v) is 3.61. The number of aromatic nitrogens is 2. The summed E-state index contributed by atoms with van der Waals surface area (Å²) in [6, 6.07) is 4.12. The van der Waals surface area contributed by atoms with Gasteiger partial charge in [-0.25, -0.2) is 0 Å². The lowest BCUT2D eigenvalue weighted by molar-refractivity contribution is -0.132. The molecule has 0 radical (unpaired) electrons. The van der Waals surface area contributed by atoms with Crippen LogP contribution in [0.3, 0.4) is 0 Å². The summed E-state index contributed by atoms with van der Waals surface area (Å²) >= 11 is 1.71. The second kappa shape index (κ2) is 7.25. The normalized spacial score (nSPS) is 18.6. The van der Waals surface area contributed by atoms with Crippen molar-refractivity contribution in [3.05, 3.63) is 34.1 Å². The quantitative estimate of drug-likeness (QED) is 0.839. The van der Waals surface area contributed by atoms with Crippen LogP contribution in [0.4, 0.5) is 0 Å². The third-order valence-corrected chi connectivity index (χ3v) is 5.19. The average molecular weight is 333 g/mol. The predicted molar refractivity (Wildman–Crippen MR) is 89.6 cm³/mol. The Hall–Kier alpha value is -1.69. The van der Waals surface area contributed by atoms with Gasteiger partial charge in [-0.2, -0.15) is 4.98 Å². The zero-order valence-corrected chi connectivity index (χ0v) is 14.5. The Morgan fingerprint density at radius 2 is 2.39 bits per heavy atom. The van der Waals surface area contributed by atoms with E-state index in [1.807, 2.05) is 24.8 Å². The minimum absolute atomic E-state index is 0.200. The molecule has 0 N–H and O–H groups in total. The molecule has 1 unspecified atom stereocenters. The largest absolute Gasteiger partial charge is 0.342 e. The van der Waals surface area contributed by atoms with Gasteiger partial charge in [-0.05, 0) is 30.7 Å². The number of nitrogens with zero attached hydrogens (tertiary/aromatic N) is 3. The zero-order chi connectivity index (χ0) is 16.2. The highest BCUT2D eigenvalue weighted by atomic mass is 32.1. The molecule has 1 saturated heterocycles. The summed E-state index contributed by atoms with van der Waals surface area (Å²) < 4.78 is 5.31. The fourth-order valence-electron chi connectivity index (χ4n) is 2.91. The van der Waals surface area contributed by atoms with Crippen LogP contribution in [0.2, 0.25) is 0 Å². The molecule has 3 rings (SSSR count). The van der Waals surface area contributed by atoms with Gasteiger partial charge in [-0.1, -0.05) is 25.1 Å². The smallest absolute Gasteiger partial charge is 0.229 e. The van der Waals surface area contributed by atoms with Gasteiger partial charge in [0.2, 0.25) is 11.8 Å². The van der Waals surface area contributed by atoms with Crippen molar-refractivity contribution < 1.29 is 9.32 Å². The Kier molecular flexibility index (Phi) is 5.10. The van der Waals surface area contributed by atoms with Gasteiger partial charge >= 0.3 is 0 Å². The molecule has 2 aromatic heterocycles. The second-order valence-corrected chi connectivity index (χ2v) is 7.44. The lowest BCUT2D eigenvalue weighted by Gasteiger charge is -2.31. The number of carbonyl (C=O) groups is 1. The molecular weight excluding hydrogens is 310 g/mol. The number of likely N-dealkylation sites (tertiary alicyclic amines) is 1. The topological polar surface area (TPSA) is 59.2 Å². The first kappa shape index (κ1) is 16.2. The molecule has 6 heteroatoms. The van der Waals surface area contributed by atoms with E-state index in [9.17, 15) is 4.79 Å². The van der Waals surface area contributed by atoms with Gasteiger partial charge in [0.1, 0.15) is 0 Å². The van der Waals surface area contributed by atoms with Crippen LogP contribution in [0.15, 0.2) is 22.0 Å². The first-order chi connectivity index (χ1) is 11.1. The maximum Gasteiger partial charge on any atom is 0.229 e. The molecular formula is C17H23N3O2S. The molecule has 1 amide bonds. The molecule has 23 heavy (non-hydrogen) atoms. The minimum atomic E-state index is 0.200. The van der Waals surface area contributed by atoms with Crippen LogP contribution >= 0.6 is 11.3 Å². The first-order valence-electron chi connectivity index (χ1n) is 8.27. The number of carbonyl (C=O) groups excluding carboxylic acids is 1. The Morgan fingerprint density at radius 1 is 1.52 bits per heavy atom. The van der Waals surface area contributed by atoms with Crippen molar-refractivity contribution in [1.82, 2.24) is 15.0 Å². The van der Waals surface area contributed by atoms with E-state index in [-0.39, 0.29) is 17.7 Å². The molecule has 3 heterocycles. The van der Waals surface area contributed by atoms with Crippen molar-refractivity contribution in [2.24, 2.45) is 0 Å². The van der Waals surface area contributed by atoms with E-state index in [0.29, 0.717) is 18.9 Å². The molecule has 1 atom stereocenters. The molecule has 5 nitrogen and oxygen atoms in total. The monoisotopic (exact) mass is 333 g/mol. The van der Waals surface area contributed by atoms with E-state index >= 15 is 0 Å². The number of piperidine rings is 1. The van der Waals surface area contributed by atoms with Crippen molar-refractivity contribution in [2.75, 3.05) is 13.1 Å². The first-order valence-corrected chi connectivity index (χ1v) is 9.15. The van der Waals surface area contributed by atoms with E-state index in [1.54, 1.807) is 11.3 Å². The summed E-state index contributed by atoms with van der Waals surface area (Å²) in [5, 5.41) is 6.17. The Balaban J connectivity index is 1.57. The maximum atomic E-state index is 12.4. The molecule has 0 saturated carbocycles. The Bertz CT molecular complexity index is 636. The van der Waals surface area contributed by atoms with Crippen molar-refractivity contribution in [3.63, 3.8) is 0 Å². The highest BCUT2D eigenvalue weighted by molar-refractivity contribution is 7.09. The summed E-state index contributed by atoms with van der Waals surface area (Å²) in [5.41, 5.74) is 0. The van der Waals surface area contributed by atoms with Crippen molar-refractivity contribution in [2.45, 2.75) is 51.4 Å². The molecule has 0 bridgehead atoms. The molecule has 0 aliphatic carbocycles. The van der Waals surface area contributed by atoms with E-state index < -0.39 is 0 Å². The number of hydrogen-bond donors (Lipinski definition) is 0. The van der Waals surface area contributed by atoms with Crippen LogP contribution < -0.4 is 0 Å². The van der Waals surface area contributed by atoms with Crippen LogP contribution in [-0.4, -0.2) is 34.0 Å². The van der Waals surface area contributed by atoms with Crippen molar-refractivity contribution in [3.8, 4) is 0 Å². The minimum Gasteiger partial charge on any atom is -0.342 e. The summed E-state index contributed by atoms with van der Waals surface area (Å²) in [7, 11) is 0. The molecule has 1 aliphatic heterocycles. The van der Waals surface area contributed by atoms with Crippen LogP contribution in [0.5, 0.6) is 0 Å². The van der Waals surface area contributed by atoms with Crippen LogP contribution in [0, 0.1) is 0 Å². The summed E-state index contributed by atoms with van der Waals surface area (Å²) in [5.74, 6) is 2.11. The molecule has 124 valence electrons. The molecule has 1 aliphatic rings. The summed E-state index contributed by atoms with van der Waals surface area (Å²) in [4.78, 5) is 20.2. The summed E-state index contributed by atoms with van der Waals surface area (Å²) in [6.07, 6.45) is 3.43. The molecule has 1 fully saturated rings. The zero-order valence-electron chi connectivity index (χ0n) is 13.7. The summed E-state index contributed by atoms with van der Waals surface area (Å²) in [6.45, 7) is 5.63. The van der Waals surface area contributed by atoms with Crippen LogP contribution in [0.25, 0.3) is 0 Å². The average Bonchev–Trinajstić information content (AvgIpc) is 3.24. The lowest BCUT2D eigenvalue weighted by Crippen LogP contribution is -2.39. The Morgan fingerprint density at radius 3 is 3.09 bits per heavy atom. The van der Waals surface area contributed by atoms with Gasteiger partial charge in [0.05, 0.1) is 0 Å². The van der Waals surface area contributed by atoms with Gasteiger partial charge in [0, 0.05) is 36.2 Å². The predicted octanol–water partition coefficient (Wildman–Crippen LogP) is 3.59. The number of rotatable bonds is 5. The van der Waals surface area contributed by atoms with E-state index in [2.05, 4.69) is 21.6 Å². The van der Waals surface area contributed by atoms with Crippen LogP contribution in [-0.2, 0) is 11.2 Å². The SMILES string of the molecule is CC(C)c1nc(C2CCCN(C(=O)CCc3cccs3)C2)no1. The van der Waals surface area contributed by atoms with Gasteiger partial charge in [-0.3, -0.25) is 4.79 Å². The third kappa shape index (κ3) is 3.99. The highest BCUT2D eigenvalue weighted by Crippen LogP contribution is 2.26. The van der Waals surface area contributed by atoms with Gasteiger partial charge in [-0.15, -0.1) is 11.3 Å². The van der Waals surface area contributed by atoms with Gasteiger partial charge in [0.15, 0.2) is 5.82 Å². The number of aryl methyl sites for hydroxylation is 1. The van der Waals surface area contributed by atoms with Gasteiger partial charge in [0.25, 0.3) is 0 Å². The highest BCUT2D eigenvalue weighted by Gasteiger charge is 2.28. The van der Waals surface area contributed by atoms with E-state index in [1.165, 1.54) is 4.88 Å². The lowest BCUT2D eigenvalue weighted by atomic mass is 9.97. The van der Waals surface area contributed by atoms with Crippen molar-refractivity contribution >= 4 is 17.2 Å². The molecule has 2 aromatic rings. The van der Waals surface area contributed by atoms with Gasteiger partial charge < -0.3 is 9.42 Å². The fraction of sp³-hybridized carbons (Fsp3) is 0.588. The Labute approximate surface area is 140 Å². The second-order valence-electron chi connectivity index (χ2n) is 6.40. The number of amides is 1. The molecule has 0 spiro atoms. The third-order valence-electron chi connectivity index (χ3n) is 4.26. The van der Waals surface area contributed by atoms with Crippen molar-refractivity contribution in [1.29, 1.82) is 0 Å². The number of thiophene rings is 1. The van der Waals surface area contributed by atoms with E-state index in [4.69, 9.17) is 4.52 Å². The molecule has 0 aromatic carbocycles. The number of hydrogen-bond acceptors (Lipinski definition) is 5. The maximum absolute atomic E-state index is 12.4. The van der Waals surface area contributed by atoms with Crippen LogP contribution in [0.1, 0.15) is 61.5 Å².